The molecular weight excluding hydrogens is 222 g/mol. The number of piperidine rings is 1. The predicted molar refractivity (Wildman–Crippen MR) is 61.5 cm³/mol. The molecule has 1 amide bonds. The number of aliphatic hydroxyl groups excluding tert-OH is 2. The quantitative estimate of drug-likeness (QED) is 0.662. The van der Waals surface area contributed by atoms with Crippen LogP contribution in [0, 0.1) is 0 Å². The van der Waals surface area contributed by atoms with E-state index in [9.17, 15) is 15.0 Å². The molecule has 2 heterocycles. The van der Waals surface area contributed by atoms with E-state index in [-0.39, 0.29) is 18.2 Å². The van der Waals surface area contributed by atoms with Gasteiger partial charge in [-0.2, -0.15) is 0 Å². The van der Waals surface area contributed by atoms with Crippen LogP contribution in [0.3, 0.4) is 0 Å². The van der Waals surface area contributed by atoms with E-state index in [1.54, 1.807) is 4.90 Å². The molecule has 0 aromatic rings. The van der Waals surface area contributed by atoms with Crippen LogP contribution in [0.2, 0.25) is 0 Å². The van der Waals surface area contributed by atoms with Crippen molar-refractivity contribution in [3.63, 3.8) is 0 Å². The molecule has 2 bridgehead atoms. The summed E-state index contributed by atoms with van der Waals surface area (Å²) in [6, 6.07) is -0.382. The molecule has 5 nitrogen and oxygen atoms in total. The molecule has 2 rings (SSSR count). The fourth-order valence-electron chi connectivity index (χ4n) is 2.77. The average molecular weight is 243 g/mol. The number of ether oxygens (including phenoxy) is 1. The first-order valence-electron chi connectivity index (χ1n) is 6.15. The van der Waals surface area contributed by atoms with Crippen LogP contribution in [0.25, 0.3) is 0 Å². The number of hydrogen-bond donors (Lipinski definition) is 2. The highest BCUT2D eigenvalue weighted by Gasteiger charge is 2.49. The van der Waals surface area contributed by atoms with Crippen LogP contribution in [0.4, 0.5) is 4.79 Å². The van der Waals surface area contributed by atoms with Crippen molar-refractivity contribution in [3.05, 3.63) is 0 Å². The van der Waals surface area contributed by atoms with Crippen LogP contribution in [0.5, 0.6) is 0 Å². The molecule has 2 aliphatic heterocycles. The standard InChI is InChI=1S/C12H21NO4/c1-12(2,3)17-11(16)13-7-4-8(14)6-9(13)10(15)5-7/h7-10,14-15H,4-6H2,1-3H3/t7-,8?,9+,10-/m0/s1. The highest BCUT2D eigenvalue weighted by Crippen LogP contribution is 2.36. The number of aliphatic hydroxyl groups is 2. The van der Waals surface area contributed by atoms with E-state index in [1.165, 1.54) is 0 Å². The Kier molecular flexibility index (Phi) is 3.08. The van der Waals surface area contributed by atoms with Crippen LogP contribution < -0.4 is 0 Å². The second kappa shape index (κ2) is 4.14. The molecule has 2 saturated heterocycles. The maximum Gasteiger partial charge on any atom is 0.410 e. The summed E-state index contributed by atoms with van der Waals surface area (Å²) in [7, 11) is 0. The van der Waals surface area contributed by atoms with Gasteiger partial charge in [0.2, 0.25) is 0 Å². The average Bonchev–Trinajstić information content (AvgIpc) is 2.32. The molecule has 5 heteroatoms. The van der Waals surface area contributed by atoms with Gasteiger partial charge in [-0.15, -0.1) is 0 Å². The van der Waals surface area contributed by atoms with Gasteiger partial charge in [-0.05, 0) is 40.0 Å². The summed E-state index contributed by atoms with van der Waals surface area (Å²) in [6.07, 6.45) is 0.187. The van der Waals surface area contributed by atoms with Crippen molar-refractivity contribution in [2.75, 3.05) is 0 Å². The summed E-state index contributed by atoms with van der Waals surface area (Å²) in [6.45, 7) is 5.46. The van der Waals surface area contributed by atoms with Crippen molar-refractivity contribution in [1.82, 2.24) is 4.90 Å². The molecule has 0 aliphatic carbocycles. The zero-order valence-corrected chi connectivity index (χ0v) is 10.6. The minimum atomic E-state index is -0.537. The van der Waals surface area contributed by atoms with Gasteiger partial charge in [-0.3, -0.25) is 4.90 Å². The van der Waals surface area contributed by atoms with E-state index >= 15 is 0 Å². The molecule has 0 aromatic heterocycles. The molecule has 0 saturated carbocycles. The second-order valence-corrected chi connectivity index (χ2v) is 6.04. The molecular formula is C12H21NO4. The number of fused-ring (bicyclic) bond motifs is 2. The maximum atomic E-state index is 12.0. The lowest BCUT2D eigenvalue weighted by molar-refractivity contribution is -0.0202. The molecule has 2 aliphatic rings. The van der Waals surface area contributed by atoms with Crippen molar-refractivity contribution in [2.24, 2.45) is 0 Å². The van der Waals surface area contributed by atoms with E-state index in [1.807, 2.05) is 20.8 Å². The predicted octanol–water partition coefficient (Wildman–Crippen LogP) is 0.880. The zero-order valence-electron chi connectivity index (χ0n) is 10.6. The smallest absolute Gasteiger partial charge is 0.410 e. The third kappa shape index (κ3) is 2.55. The van der Waals surface area contributed by atoms with Crippen LogP contribution in [-0.4, -0.2) is 51.1 Å². The van der Waals surface area contributed by atoms with E-state index in [0.717, 1.165) is 0 Å². The van der Waals surface area contributed by atoms with Gasteiger partial charge in [0.25, 0.3) is 0 Å². The molecule has 1 unspecified atom stereocenters. The summed E-state index contributed by atoms with van der Waals surface area (Å²) < 4.78 is 5.34. The molecule has 17 heavy (non-hydrogen) atoms. The van der Waals surface area contributed by atoms with Gasteiger partial charge in [0.05, 0.1) is 18.2 Å². The van der Waals surface area contributed by atoms with Crippen LogP contribution in [0.15, 0.2) is 0 Å². The Morgan fingerprint density at radius 3 is 2.41 bits per heavy atom. The SMILES string of the molecule is CC(C)(C)OC(=O)N1[C@H]2CC(O)C[C@@H]1[C@@H](O)C2. The normalized spacial score (nSPS) is 37.1. The zero-order chi connectivity index (χ0) is 12.8. The lowest BCUT2D eigenvalue weighted by Crippen LogP contribution is -2.51. The Balaban J connectivity index is 2.09. The summed E-state index contributed by atoms with van der Waals surface area (Å²) >= 11 is 0. The van der Waals surface area contributed by atoms with E-state index in [2.05, 4.69) is 0 Å². The number of amides is 1. The van der Waals surface area contributed by atoms with Gasteiger partial charge in [0, 0.05) is 6.04 Å². The van der Waals surface area contributed by atoms with Crippen molar-refractivity contribution in [2.45, 2.75) is 69.9 Å². The Hall–Kier alpha value is -0.810. The van der Waals surface area contributed by atoms with E-state index in [4.69, 9.17) is 4.74 Å². The summed E-state index contributed by atoms with van der Waals surface area (Å²) in [4.78, 5) is 13.7. The number of rotatable bonds is 0. The topological polar surface area (TPSA) is 70.0 Å². The number of hydrogen-bond acceptors (Lipinski definition) is 4. The van der Waals surface area contributed by atoms with Crippen molar-refractivity contribution < 1.29 is 19.7 Å². The molecule has 2 fully saturated rings. The maximum absolute atomic E-state index is 12.0. The molecule has 4 atom stereocenters. The fourth-order valence-corrected chi connectivity index (χ4v) is 2.77. The lowest BCUT2D eigenvalue weighted by atomic mass is 10.0. The first kappa shape index (κ1) is 12.6. The van der Waals surface area contributed by atoms with E-state index < -0.39 is 17.8 Å². The first-order valence-corrected chi connectivity index (χ1v) is 6.15. The Morgan fingerprint density at radius 2 is 1.88 bits per heavy atom. The third-order valence-electron chi connectivity index (χ3n) is 3.37. The highest BCUT2D eigenvalue weighted by molar-refractivity contribution is 5.70. The minimum absolute atomic E-state index is 0.0893. The first-order chi connectivity index (χ1) is 7.78. The van der Waals surface area contributed by atoms with Crippen molar-refractivity contribution in [3.8, 4) is 0 Å². The molecule has 0 aromatic carbocycles. The molecule has 2 N–H and O–H groups in total. The number of nitrogens with zero attached hydrogens (tertiary/aromatic N) is 1. The highest BCUT2D eigenvalue weighted by atomic mass is 16.6. The summed E-state index contributed by atoms with van der Waals surface area (Å²) in [5.74, 6) is 0. The van der Waals surface area contributed by atoms with Gasteiger partial charge >= 0.3 is 6.09 Å². The summed E-state index contributed by atoms with van der Waals surface area (Å²) in [5.41, 5.74) is -0.530. The van der Waals surface area contributed by atoms with Crippen molar-refractivity contribution in [1.29, 1.82) is 0 Å². The van der Waals surface area contributed by atoms with E-state index in [0.29, 0.717) is 19.3 Å². The molecule has 0 spiro atoms. The van der Waals surface area contributed by atoms with Gasteiger partial charge in [0.1, 0.15) is 5.60 Å². The van der Waals surface area contributed by atoms with Gasteiger partial charge in [-0.1, -0.05) is 0 Å². The number of carbonyl (C=O) groups excluding carboxylic acids is 1. The monoisotopic (exact) mass is 243 g/mol. The second-order valence-electron chi connectivity index (χ2n) is 6.04. The van der Waals surface area contributed by atoms with Crippen LogP contribution >= 0.6 is 0 Å². The Morgan fingerprint density at radius 1 is 1.24 bits per heavy atom. The molecule has 98 valence electrons. The largest absolute Gasteiger partial charge is 0.444 e. The fraction of sp³-hybridized carbons (Fsp3) is 0.917. The van der Waals surface area contributed by atoms with Gasteiger partial charge in [0.15, 0.2) is 0 Å². The van der Waals surface area contributed by atoms with Crippen LogP contribution in [-0.2, 0) is 4.74 Å². The Bertz CT molecular complexity index is 310. The lowest BCUT2D eigenvalue weighted by Gasteiger charge is -2.38. The third-order valence-corrected chi connectivity index (χ3v) is 3.37. The minimum Gasteiger partial charge on any atom is -0.444 e. The van der Waals surface area contributed by atoms with Gasteiger partial charge in [-0.25, -0.2) is 4.79 Å². The summed E-state index contributed by atoms with van der Waals surface area (Å²) in [5, 5.41) is 19.5. The van der Waals surface area contributed by atoms with Gasteiger partial charge < -0.3 is 14.9 Å². The van der Waals surface area contributed by atoms with Crippen molar-refractivity contribution >= 4 is 6.09 Å². The molecule has 0 radical (unpaired) electrons. The Labute approximate surface area is 101 Å². The van der Waals surface area contributed by atoms with Crippen LogP contribution in [0.1, 0.15) is 40.0 Å². The number of carbonyl (C=O) groups is 1.